The van der Waals surface area contributed by atoms with E-state index in [0.29, 0.717) is 5.92 Å². The third-order valence-electron chi connectivity index (χ3n) is 3.51. The number of ether oxygens (including phenoxy) is 1. The van der Waals surface area contributed by atoms with Gasteiger partial charge in [-0.15, -0.1) is 0 Å². The zero-order valence-electron chi connectivity index (χ0n) is 8.33. The molecule has 4 atom stereocenters. The standard InChI is InChI=1S/C10H20N2O/c1-7-2-3-10(7)12-4-8-5-13-6-9(8)11/h7-10,12H,2-6,11H2,1H3. The lowest BCUT2D eigenvalue weighted by atomic mass is 9.81. The second-order valence-corrected chi connectivity index (χ2v) is 4.53. The third-order valence-corrected chi connectivity index (χ3v) is 3.51. The van der Waals surface area contributed by atoms with E-state index in [1.165, 1.54) is 12.8 Å². The van der Waals surface area contributed by atoms with Crippen molar-refractivity contribution in [3.63, 3.8) is 0 Å². The van der Waals surface area contributed by atoms with Crippen LogP contribution in [-0.2, 0) is 4.74 Å². The molecule has 3 nitrogen and oxygen atoms in total. The van der Waals surface area contributed by atoms with Gasteiger partial charge in [0.15, 0.2) is 0 Å². The quantitative estimate of drug-likeness (QED) is 0.665. The van der Waals surface area contributed by atoms with E-state index in [2.05, 4.69) is 12.2 Å². The van der Waals surface area contributed by atoms with E-state index < -0.39 is 0 Å². The molecule has 0 spiro atoms. The van der Waals surface area contributed by atoms with E-state index >= 15 is 0 Å². The molecule has 3 heteroatoms. The molecule has 0 bridgehead atoms. The van der Waals surface area contributed by atoms with Crippen LogP contribution in [0.5, 0.6) is 0 Å². The lowest BCUT2D eigenvalue weighted by Gasteiger charge is -2.35. The molecule has 1 heterocycles. The number of nitrogens with one attached hydrogen (secondary N) is 1. The number of rotatable bonds is 3. The van der Waals surface area contributed by atoms with Gasteiger partial charge >= 0.3 is 0 Å². The highest BCUT2D eigenvalue weighted by atomic mass is 16.5. The van der Waals surface area contributed by atoms with Crippen LogP contribution in [0, 0.1) is 11.8 Å². The molecular weight excluding hydrogens is 164 g/mol. The normalized spacial score (nSPS) is 44.8. The van der Waals surface area contributed by atoms with E-state index in [1.807, 2.05) is 0 Å². The molecule has 1 saturated heterocycles. The first-order chi connectivity index (χ1) is 6.27. The van der Waals surface area contributed by atoms with Crippen LogP contribution < -0.4 is 11.1 Å². The molecule has 76 valence electrons. The van der Waals surface area contributed by atoms with Crippen molar-refractivity contribution in [2.24, 2.45) is 17.6 Å². The number of nitrogens with two attached hydrogens (primary N) is 1. The zero-order valence-corrected chi connectivity index (χ0v) is 8.33. The van der Waals surface area contributed by atoms with Crippen molar-refractivity contribution in [3.05, 3.63) is 0 Å². The molecule has 1 aliphatic carbocycles. The zero-order chi connectivity index (χ0) is 9.26. The van der Waals surface area contributed by atoms with E-state index in [0.717, 1.165) is 31.7 Å². The topological polar surface area (TPSA) is 47.3 Å². The van der Waals surface area contributed by atoms with Crippen LogP contribution in [0.25, 0.3) is 0 Å². The number of hydrogen-bond acceptors (Lipinski definition) is 3. The predicted octanol–water partition coefficient (Wildman–Crippen LogP) is 0.348. The molecular formula is C10H20N2O. The smallest absolute Gasteiger partial charge is 0.0621 e. The highest BCUT2D eigenvalue weighted by Crippen LogP contribution is 2.26. The van der Waals surface area contributed by atoms with Crippen molar-refractivity contribution in [2.75, 3.05) is 19.8 Å². The van der Waals surface area contributed by atoms with E-state index in [4.69, 9.17) is 10.5 Å². The fraction of sp³-hybridized carbons (Fsp3) is 1.00. The van der Waals surface area contributed by atoms with Crippen LogP contribution in [0.3, 0.4) is 0 Å². The lowest BCUT2D eigenvalue weighted by molar-refractivity contribution is 0.176. The van der Waals surface area contributed by atoms with Crippen molar-refractivity contribution in [2.45, 2.75) is 31.8 Å². The average molecular weight is 184 g/mol. The molecule has 0 aromatic carbocycles. The van der Waals surface area contributed by atoms with Gasteiger partial charge in [-0.3, -0.25) is 0 Å². The SMILES string of the molecule is CC1CCC1NCC1COCC1N. The Morgan fingerprint density at radius 2 is 2.23 bits per heavy atom. The molecule has 2 fully saturated rings. The molecule has 3 N–H and O–H groups in total. The van der Waals surface area contributed by atoms with Crippen LogP contribution >= 0.6 is 0 Å². The highest BCUT2D eigenvalue weighted by molar-refractivity contribution is 4.87. The monoisotopic (exact) mass is 184 g/mol. The lowest BCUT2D eigenvalue weighted by Crippen LogP contribution is -2.46. The second kappa shape index (κ2) is 3.95. The minimum atomic E-state index is 0.253. The summed E-state index contributed by atoms with van der Waals surface area (Å²) in [5.41, 5.74) is 5.89. The Labute approximate surface area is 80.0 Å². The van der Waals surface area contributed by atoms with Crippen molar-refractivity contribution in [1.82, 2.24) is 5.32 Å². The Bertz CT molecular complexity index is 174. The van der Waals surface area contributed by atoms with Crippen molar-refractivity contribution < 1.29 is 4.74 Å². The Morgan fingerprint density at radius 1 is 1.38 bits per heavy atom. The Hall–Kier alpha value is -0.120. The molecule has 0 aromatic heterocycles. The maximum absolute atomic E-state index is 5.89. The summed E-state index contributed by atoms with van der Waals surface area (Å²) in [6, 6.07) is 0.996. The molecule has 0 aromatic rings. The van der Waals surface area contributed by atoms with Crippen LogP contribution in [-0.4, -0.2) is 31.8 Å². The third kappa shape index (κ3) is 2.03. The Balaban J connectivity index is 1.67. The van der Waals surface area contributed by atoms with E-state index in [-0.39, 0.29) is 6.04 Å². The van der Waals surface area contributed by atoms with Crippen LogP contribution in [0.2, 0.25) is 0 Å². The largest absolute Gasteiger partial charge is 0.379 e. The van der Waals surface area contributed by atoms with Gasteiger partial charge in [-0.2, -0.15) is 0 Å². The van der Waals surface area contributed by atoms with Gasteiger partial charge in [0.2, 0.25) is 0 Å². The van der Waals surface area contributed by atoms with Gasteiger partial charge in [0, 0.05) is 24.5 Å². The molecule has 2 rings (SSSR count). The Kier molecular flexibility index (Phi) is 2.86. The van der Waals surface area contributed by atoms with E-state index in [1.54, 1.807) is 0 Å². The van der Waals surface area contributed by atoms with Crippen LogP contribution in [0.1, 0.15) is 19.8 Å². The van der Waals surface area contributed by atoms with Crippen molar-refractivity contribution >= 4 is 0 Å². The summed E-state index contributed by atoms with van der Waals surface area (Å²) >= 11 is 0. The van der Waals surface area contributed by atoms with Gasteiger partial charge in [-0.25, -0.2) is 0 Å². The van der Waals surface area contributed by atoms with Gasteiger partial charge in [0.05, 0.1) is 13.2 Å². The summed E-state index contributed by atoms with van der Waals surface area (Å²) in [6.07, 6.45) is 2.72. The van der Waals surface area contributed by atoms with E-state index in [9.17, 15) is 0 Å². The molecule has 1 aliphatic heterocycles. The van der Waals surface area contributed by atoms with Gasteiger partial charge in [0.1, 0.15) is 0 Å². The van der Waals surface area contributed by atoms with Crippen LogP contribution in [0.4, 0.5) is 0 Å². The molecule has 2 aliphatic rings. The minimum Gasteiger partial charge on any atom is -0.379 e. The van der Waals surface area contributed by atoms with Gasteiger partial charge in [-0.1, -0.05) is 6.92 Å². The van der Waals surface area contributed by atoms with Gasteiger partial charge in [0.25, 0.3) is 0 Å². The van der Waals surface area contributed by atoms with Crippen molar-refractivity contribution in [3.8, 4) is 0 Å². The first kappa shape index (κ1) is 9.44. The Morgan fingerprint density at radius 3 is 2.69 bits per heavy atom. The summed E-state index contributed by atoms with van der Waals surface area (Å²) in [5, 5.41) is 3.58. The predicted molar refractivity (Wildman–Crippen MR) is 52.5 cm³/mol. The van der Waals surface area contributed by atoms with Gasteiger partial charge in [-0.05, 0) is 18.8 Å². The first-order valence-corrected chi connectivity index (χ1v) is 5.34. The van der Waals surface area contributed by atoms with Crippen LogP contribution in [0.15, 0.2) is 0 Å². The fourth-order valence-electron chi connectivity index (χ4n) is 2.10. The maximum atomic E-state index is 5.89. The molecule has 13 heavy (non-hydrogen) atoms. The molecule has 0 radical (unpaired) electrons. The second-order valence-electron chi connectivity index (χ2n) is 4.53. The van der Waals surface area contributed by atoms with Gasteiger partial charge < -0.3 is 15.8 Å². The first-order valence-electron chi connectivity index (χ1n) is 5.34. The highest BCUT2D eigenvalue weighted by Gasteiger charge is 2.29. The summed E-state index contributed by atoms with van der Waals surface area (Å²) in [5.74, 6) is 1.39. The van der Waals surface area contributed by atoms with Crippen molar-refractivity contribution in [1.29, 1.82) is 0 Å². The summed E-state index contributed by atoms with van der Waals surface area (Å²) in [4.78, 5) is 0. The summed E-state index contributed by atoms with van der Waals surface area (Å²) < 4.78 is 5.32. The minimum absolute atomic E-state index is 0.253. The maximum Gasteiger partial charge on any atom is 0.0621 e. The molecule has 0 amide bonds. The molecule has 4 unspecified atom stereocenters. The summed E-state index contributed by atoms with van der Waals surface area (Å²) in [7, 11) is 0. The molecule has 1 saturated carbocycles. The summed E-state index contributed by atoms with van der Waals surface area (Å²) in [6.45, 7) is 4.93. The number of hydrogen-bond donors (Lipinski definition) is 2. The average Bonchev–Trinajstić information content (AvgIpc) is 2.50. The fourth-order valence-corrected chi connectivity index (χ4v) is 2.10.